The highest BCUT2D eigenvalue weighted by atomic mass is 16.1. The van der Waals surface area contributed by atoms with Crippen molar-refractivity contribution < 1.29 is 4.79 Å². The van der Waals surface area contributed by atoms with E-state index in [0.717, 1.165) is 58.5 Å². The Morgan fingerprint density at radius 1 is 1.24 bits per heavy atom. The standard InChI is InChI=1S/C17H25N3O/c21-17(15-5-8-18-9-6-15)19-10-12-20-11-7-14-3-1-2-4-16(14)13-20/h1-4,15,18H,5-13H2,(H,19,21). The van der Waals surface area contributed by atoms with Crippen LogP contribution >= 0.6 is 0 Å². The minimum Gasteiger partial charge on any atom is -0.355 e. The molecule has 1 aromatic rings. The molecule has 0 aromatic heterocycles. The summed E-state index contributed by atoms with van der Waals surface area (Å²) in [6.07, 6.45) is 3.07. The number of carbonyl (C=O) groups is 1. The van der Waals surface area contributed by atoms with Crippen molar-refractivity contribution in [2.45, 2.75) is 25.8 Å². The van der Waals surface area contributed by atoms with Crippen molar-refractivity contribution in [3.05, 3.63) is 35.4 Å². The van der Waals surface area contributed by atoms with Crippen molar-refractivity contribution in [3.63, 3.8) is 0 Å². The van der Waals surface area contributed by atoms with E-state index in [1.165, 1.54) is 11.1 Å². The van der Waals surface area contributed by atoms with Gasteiger partial charge >= 0.3 is 0 Å². The van der Waals surface area contributed by atoms with Gasteiger partial charge in [-0.2, -0.15) is 0 Å². The van der Waals surface area contributed by atoms with Crippen molar-refractivity contribution in [1.29, 1.82) is 0 Å². The van der Waals surface area contributed by atoms with Crippen LogP contribution in [0, 0.1) is 5.92 Å². The average molecular weight is 287 g/mol. The minimum absolute atomic E-state index is 0.216. The number of nitrogens with one attached hydrogen (secondary N) is 2. The van der Waals surface area contributed by atoms with E-state index in [1.807, 2.05) is 0 Å². The van der Waals surface area contributed by atoms with Crippen molar-refractivity contribution in [2.75, 3.05) is 32.7 Å². The molecule has 0 bridgehead atoms. The monoisotopic (exact) mass is 287 g/mol. The van der Waals surface area contributed by atoms with Crippen LogP contribution in [0.4, 0.5) is 0 Å². The maximum atomic E-state index is 12.1. The first kappa shape index (κ1) is 14.5. The normalized spacial score (nSPS) is 20.0. The first-order chi connectivity index (χ1) is 10.3. The van der Waals surface area contributed by atoms with Crippen molar-refractivity contribution in [1.82, 2.24) is 15.5 Å². The molecular weight excluding hydrogens is 262 g/mol. The summed E-state index contributed by atoms with van der Waals surface area (Å²) >= 11 is 0. The zero-order valence-electron chi connectivity index (χ0n) is 12.6. The summed E-state index contributed by atoms with van der Waals surface area (Å²) in [6.45, 7) is 5.78. The van der Waals surface area contributed by atoms with Gasteiger partial charge in [0.2, 0.25) is 5.91 Å². The maximum absolute atomic E-state index is 12.1. The van der Waals surface area contributed by atoms with Gasteiger partial charge in [0.25, 0.3) is 0 Å². The molecule has 0 saturated carbocycles. The molecule has 2 N–H and O–H groups in total. The molecule has 1 fully saturated rings. The molecular formula is C17H25N3O. The first-order valence-electron chi connectivity index (χ1n) is 8.10. The van der Waals surface area contributed by atoms with Crippen LogP contribution in [-0.4, -0.2) is 43.5 Å². The van der Waals surface area contributed by atoms with Gasteiger partial charge in [-0.05, 0) is 43.5 Å². The topological polar surface area (TPSA) is 44.4 Å². The summed E-state index contributed by atoms with van der Waals surface area (Å²) in [6, 6.07) is 8.68. The number of amides is 1. The van der Waals surface area contributed by atoms with Gasteiger partial charge in [0.1, 0.15) is 0 Å². The smallest absolute Gasteiger partial charge is 0.223 e. The molecule has 0 unspecified atom stereocenters. The van der Waals surface area contributed by atoms with E-state index in [0.29, 0.717) is 0 Å². The summed E-state index contributed by atoms with van der Waals surface area (Å²) in [5, 5.41) is 6.41. The molecule has 114 valence electrons. The second kappa shape index (κ2) is 7.05. The summed E-state index contributed by atoms with van der Waals surface area (Å²) in [5.74, 6) is 0.460. The van der Waals surface area contributed by atoms with Gasteiger partial charge in [-0.1, -0.05) is 24.3 Å². The summed E-state index contributed by atoms with van der Waals surface area (Å²) < 4.78 is 0. The van der Waals surface area contributed by atoms with Crippen molar-refractivity contribution in [2.24, 2.45) is 5.92 Å². The molecule has 0 atom stereocenters. The summed E-state index contributed by atoms with van der Waals surface area (Å²) in [4.78, 5) is 14.5. The van der Waals surface area contributed by atoms with Crippen LogP contribution in [0.25, 0.3) is 0 Å². The zero-order chi connectivity index (χ0) is 14.5. The Bertz CT molecular complexity index is 483. The molecule has 4 heteroatoms. The highest BCUT2D eigenvalue weighted by Crippen LogP contribution is 2.17. The van der Waals surface area contributed by atoms with E-state index < -0.39 is 0 Å². The maximum Gasteiger partial charge on any atom is 0.223 e. The highest BCUT2D eigenvalue weighted by molar-refractivity contribution is 5.78. The molecule has 0 aliphatic carbocycles. The van der Waals surface area contributed by atoms with Gasteiger partial charge in [0.15, 0.2) is 0 Å². The van der Waals surface area contributed by atoms with Gasteiger partial charge in [-0.25, -0.2) is 0 Å². The fourth-order valence-corrected chi connectivity index (χ4v) is 3.31. The molecule has 3 rings (SSSR count). The Morgan fingerprint density at radius 2 is 2.00 bits per heavy atom. The largest absolute Gasteiger partial charge is 0.355 e. The van der Waals surface area contributed by atoms with Crippen molar-refractivity contribution >= 4 is 5.91 Å². The predicted octanol–water partition coefficient (Wildman–Crippen LogP) is 1.16. The molecule has 1 saturated heterocycles. The number of rotatable bonds is 4. The van der Waals surface area contributed by atoms with E-state index in [4.69, 9.17) is 0 Å². The molecule has 1 amide bonds. The third kappa shape index (κ3) is 3.83. The van der Waals surface area contributed by atoms with Crippen LogP contribution in [-0.2, 0) is 17.8 Å². The molecule has 21 heavy (non-hydrogen) atoms. The van der Waals surface area contributed by atoms with Gasteiger partial charge in [0.05, 0.1) is 0 Å². The van der Waals surface area contributed by atoms with Crippen LogP contribution in [0.5, 0.6) is 0 Å². The third-order valence-electron chi connectivity index (χ3n) is 4.65. The lowest BCUT2D eigenvalue weighted by molar-refractivity contribution is -0.125. The van der Waals surface area contributed by atoms with Crippen LogP contribution in [0.1, 0.15) is 24.0 Å². The second-order valence-corrected chi connectivity index (χ2v) is 6.11. The minimum atomic E-state index is 0.216. The SMILES string of the molecule is O=C(NCCN1CCc2ccccc2C1)C1CCNCC1. The lowest BCUT2D eigenvalue weighted by Gasteiger charge is -2.29. The Labute approximate surface area is 126 Å². The van der Waals surface area contributed by atoms with E-state index in [2.05, 4.69) is 39.8 Å². The van der Waals surface area contributed by atoms with Crippen LogP contribution in [0.2, 0.25) is 0 Å². The predicted molar refractivity (Wildman–Crippen MR) is 84.0 cm³/mol. The number of hydrogen-bond donors (Lipinski definition) is 2. The lowest BCUT2D eigenvalue weighted by atomic mass is 9.97. The first-order valence-corrected chi connectivity index (χ1v) is 8.10. The molecule has 1 aromatic carbocycles. The fourth-order valence-electron chi connectivity index (χ4n) is 3.31. The molecule has 0 spiro atoms. The lowest BCUT2D eigenvalue weighted by Crippen LogP contribution is -2.42. The number of carbonyl (C=O) groups excluding carboxylic acids is 1. The molecule has 4 nitrogen and oxygen atoms in total. The van der Waals surface area contributed by atoms with Gasteiger partial charge < -0.3 is 10.6 Å². The van der Waals surface area contributed by atoms with E-state index >= 15 is 0 Å². The van der Waals surface area contributed by atoms with E-state index in [9.17, 15) is 4.79 Å². The molecule has 2 heterocycles. The Morgan fingerprint density at radius 3 is 2.81 bits per heavy atom. The Hall–Kier alpha value is -1.39. The number of hydrogen-bond acceptors (Lipinski definition) is 3. The Balaban J connectivity index is 1.41. The van der Waals surface area contributed by atoms with Gasteiger partial charge in [0, 0.05) is 32.1 Å². The van der Waals surface area contributed by atoms with Gasteiger partial charge in [-0.3, -0.25) is 9.69 Å². The van der Waals surface area contributed by atoms with Crippen LogP contribution in [0.3, 0.4) is 0 Å². The molecule has 2 aliphatic rings. The Kier molecular flexibility index (Phi) is 4.88. The second-order valence-electron chi connectivity index (χ2n) is 6.11. The van der Waals surface area contributed by atoms with Crippen LogP contribution in [0.15, 0.2) is 24.3 Å². The van der Waals surface area contributed by atoms with Crippen LogP contribution < -0.4 is 10.6 Å². The highest BCUT2D eigenvalue weighted by Gasteiger charge is 2.21. The number of piperidine rings is 1. The van der Waals surface area contributed by atoms with E-state index in [-0.39, 0.29) is 11.8 Å². The van der Waals surface area contributed by atoms with Crippen molar-refractivity contribution in [3.8, 4) is 0 Å². The summed E-state index contributed by atoms with van der Waals surface area (Å²) in [5.41, 5.74) is 2.92. The number of fused-ring (bicyclic) bond motifs is 1. The zero-order valence-corrected chi connectivity index (χ0v) is 12.6. The summed E-state index contributed by atoms with van der Waals surface area (Å²) in [7, 11) is 0. The molecule has 0 radical (unpaired) electrons. The quantitative estimate of drug-likeness (QED) is 0.873. The van der Waals surface area contributed by atoms with Gasteiger partial charge in [-0.15, -0.1) is 0 Å². The average Bonchev–Trinajstić information content (AvgIpc) is 2.55. The number of nitrogens with zero attached hydrogens (tertiary/aromatic N) is 1. The fraction of sp³-hybridized carbons (Fsp3) is 0.588. The van der Waals surface area contributed by atoms with E-state index in [1.54, 1.807) is 0 Å². The third-order valence-corrected chi connectivity index (χ3v) is 4.65. The molecule has 2 aliphatic heterocycles. The number of benzene rings is 1.